The molecular formula is C20H16FN3O2. The summed E-state index contributed by atoms with van der Waals surface area (Å²) in [7, 11) is 0. The standard InChI is InChI=1S/C20H16FN3O2/c1-11-18-15(14-4-2-3-5-16(14)22-18)10-17-19(25)24(20(26)23(11)17)13-8-6-12(21)7-9-13/h2-9,11,17,22H,10H2,1H3. The molecule has 130 valence electrons. The second-order valence-corrected chi connectivity index (χ2v) is 6.80. The molecule has 0 radical (unpaired) electrons. The number of fused-ring (bicyclic) bond motifs is 4. The molecule has 1 aromatic heterocycles. The van der Waals surface area contributed by atoms with E-state index < -0.39 is 11.9 Å². The molecule has 0 aliphatic carbocycles. The van der Waals surface area contributed by atoms with Gasteiger partial charge in [0.2, 0.25) is 0 Å². The van der Waals surface area contributed by atoms with Crippen LogP contribution in [0.5, 0.6) is 0 Å². The number of aromatic amines is 1. The lowest BCUT2D eigenvalue weighted by Gasteiger charge is -2.33. The summed E-state index contributed by atoms with van der Waals surface area (Å²) in [4.78, 5) is 32.2. The van der Waals surface area contributed by atoms with Crippen molar-refractivity contribution in [2.45, 2.75) is 25.4 Å². The third kappa shape index (κ3) is 1.89. The van der Waals surface area contributed by atoms with Crippen LogP contribution in [0, 0.1) is 5.82 Å². The summed E-state index contributed by atoms with van der Waals surface area (Å²) in [6.07, 6.45) is 0.478. The summed E-state index contributed by atoms with van der Waals surface area (Å²) in [5.74, 6) is -0.662. The molecule has 1 saturated heterocycles. The monoisotopic (exact) mass is 349 g/mol. The summed E-state index contributed by atoms with van der Waals surface area (Å²) in [6.45, 7) is 1.93. The first-order chi connectivity index (χ1) is 12.6. The van der Waals surface area contributed by atoms with Gasteiger partial charge in [0, 0.05) is 23.0 Å². The van der Waals surface area contributed by atoms with Crippen molar-refractivity contribution in [2.75, 3.05) is 4.90 Å². The Morgan fingerprint density at radius 1 is 1.08 bits per heavy atom. The van der Waals surface area contributed by atoms with Gasteiger partial charge < -0.3 is 9.88 Å². The van der Waals surface area contributed by atoms with E-state index in [1.807, 2.05) is 31.2 Å². The number of nitrogens with one attached hydrogen (secondary N) is 1. The van der Waals surface area contributed by atoms with Crippen LogP contribution in [0.15, 0.2) is 48.5 Å². The Hall–Kier alpha value is -3.15. The van der Waals surface area contributed by atoms with Crippen molar-refractivity contribution in [2.24, 2.45) is 0 Å². The van der Waals surface area contributed by atoms with Gasteiger partial charge >= 0.3 is 6.03 Å². The number of carbonyl (C=O) groups is 2. The average Bonchev–Trinajstić information content (AvgIpc) is 3.13. The lowest BCUT2D eigenvalue weighted by molar-refractivity contribution is -0.120. The Bertz CT molecular complexity index is 1060. The Labute approximate surface area is 149 Å². The van der Waals surface area contributed by atoms with Crippen molar-refractivity contribution in [1.29, 1.82) is 0 Å². The van der Waals surface area contributed by atoms with Crippen LogP contribution in [0.4, 0.5) is 14.9 Å². The number of anilines is 1. The summed E-state index contributed by atoms with van der Waals surface area (Å²) < 4.78 is 13.2. The number of hydrogen-bond acceptors (Lipinski definition) is 2. The summed E-state index contributed by atoms with van der Waals surface area (Å²) in [6, 6.07) is 12.3. The number of para-hydroxylation sites is 1. The van der Waals surface area contributed by atoms with E-state index in [-0.39, 0.29) is 18.0 Å². The fourth-order valence-electron chi connectivity index (χ4n) is 4.19. The number of nitrogens with zero attached hydrogens (tertiary/aromatic N) is 2. The van der Waals surface area contributed by atoms with Gasteiger partial charge in [-0.1, -0.05) is 18.2 Å². The van der Waals surface area contributed by atoms with Crippen molar-refractivity contribution in [3.63, 3.8) is 0 Å². The molecule has 2 unspecified atom stereocenters. The van der Waals surface area contributed by atoms with Gasteiger partial charge in [0.25, 0.3) is 5.91 Å². The quantitative estimate of drug-likeness (QED) is 0.680. The van der Waals surface area contributed by atoms with Crippen molar-refractivity contribution in [3.8, 4) is 0 Å². The number of imide groups is 1. The molecule has 5 rings (SSSR count). The van der Waals surface area contributed by atoms with E-state index >= 15 is 0 Å². The van der Waals surface area contributed by atoms with Gasteiger partial charge in [0.05, 0.1) is 11.7 Å². The maximum atomic E-state index is 13.2. The zero-order chi connectivity index (χ0) is 18.0. The molecule has 2 atom stereocenters. The highest BCUT2D eigenvalue weighted by Gasteiger charge is 2.51. The Morgan fingerprint density at radius 3 is 2.58 bits per heavy atom. The van der Waals surface area contributed by atoms with E-state index in [1.54, 1.807) is 4.90 Å². The lowest BCUT2D eigenvalue weighted by Crippen LogP contribution is -2.42. The van der Waals surface area contributed by atoms with Crippen LogP contribution in [-0.2, 0) is 11.2 Å². The molecule has 5 nitrogen and oxygen atoms in total. The first-order valence-electron chi connectivity index (χ1n) is 8.57. The molecule has 1 fully saturated rings. The number of benzene rings is 2. The summed E-state index contributed by atoms with van der Waals surface area (Å²) >= 11 is 0. The second-order valence-electron chi connectivity index (χ2n) is 6.80. The lowest BCUT2D eigenvalue weighted by atomic mass is 9.93. The molecule has 3 amide bonds. The normalized spacial score (nSPS) is 22.1. The van der Waals surface area contributed by atoms with E-state index in [4.69, 9.17) is 0 Å². The molecule has 3 aromatic rings. The third-order valence-corrected chi connectivity index (χ3v) is 5.42. The van der Waals surface area contributed by atoms with E-state index in [1.165, 1.54) is 24.3 Å². The Balaban J connectivity index is 1.60. The number of halogens is 1. The number of H-pyrrole nitrogens is 1. The van der Waals surface area contributed by atoms with Crippen molar-refractivity contribution < 1.29 is 14.0 Å². The van der Waals surface area contributed by atoms with Crippen LogP contribution in [0.1, 0.15) is 24.2 Å². The highest BCUT2D eigenvalue weighted by Crippen LogP contribution is 2.41. The van der Waals surface area contributed by atoms with Gasteiger partial charge in [-0.2, -0.15) is 0 Å². The Kier molecular flexibility index (Phi) is 3.01. The van der Waals surface area contributed by atoms with Crippen molar-refractivity contribution in [3.05, 3.63) is 65.6 Å². The summed E-state index contributed by atoms with van der Waals surface area (Å²) in [5, 5.41) is 1.09. The summed E-state index contributed by atoms with van der Waals surface area (Å²) in [5.41, 5.74) is 3.48. The van der Waals surface area contributed by atoms with E-state index in [0.717, 1.165) is 27.1 Å². The minimum absolute atomic E-state index is 0.238. The molecule has 2 aliphatic rings. The molecular weight excluding hydrogens is 333 g/mol. The van der Waals surface area contributed by atoms with Crippen LogP contribution in [-0.4, -0.2) is 27.9 Å². The van der Waals surface area contributed by atoms with E-state index in [0.29, 0.717) is 12.1 Å². The number of hydrogen-bond donors (Lipinski definition) is 1. The van der Waals surface area contributed by atoms with Crippen LogP contribution in [0.2, 0.25) is 0 Å². The molecule has 0 saturated carbocycles. The van der Waals surface area contributed by atoms with Crippen LogP contribution >= 0.6 is 0 Å². The van der Waals surface area contributed by atoms with Gasteiger partial charge in [-0.15, -0.1) is 0 Å². The fraction of sp³-hybridized carbons (Fsp3) is 0.200. The van der Waals surface area contributed by atoms with Gasteiger partial charge in [-0.3, -0.25) is 4.79 Å². The minimum atomic E-state index is -0.533. The molecule has 1 N–H and O–H groups in total. The zero-order valence-electron chi connectivity index (χ0n) is 14.1. The van der Waals surface area contributed by atoms with Gasteiger partial charge in [-0.05, 0) is 42.8 Å². The Morgan fingerprint density at radius 2 is 1.81 bits per heavy atom. The van der Waals surface area contributed by atoms with Gasteiger partial charge in [-0.25, -0.2) is 14.1 Å². The first kappa shape index (κ1) is 15.1. The molecule has 3 heterocycles. The van der Waals surface area contributed by atoms with E-state index in [9.17, 15) is 14.0 Å². The van der Waals surface area contributed by atoms with Crippen molar-refractivity contribution in [1.82, 2.24) is 9.88 Å². The maximum absolute atomic E-state index is 13.2. The predicted molar refractivity (Wildman–Crippen MR) is 95.3 cm³/mol. The molecule has 2 aliphatic heterocycles. The molecule has 26 heavy (non-hydrogen) atoms. The van der Waals surface area contributed by atoms with Crippen LogP contribution < -0.4 is 4.90 Å². The second kappa shape index (κ2) is 5.17. The largest absolute Gasteiger partial charge is 0.356 e. The van der Waals surface area contributed by atoms with Gasteiger partial charge in [0.15, 0.2) is 0 Å². The maximum Gasteiger partial charge on any atom is 0.332 e. The number of amides is 3. The average molecular weight is 349 g/mol. The van der Waals surface area contributed by atoms with Crippen LogP contribution in [0.25, 0.3) is 10.9 Å². The van der Waals surface area contributed by atoms with E-state index in [2.05, 4.69) is 4.98 Å². The van der Waals surface area contributed by atoms with Crippen molar-refractivity contribution >= 4 is 28.5 Å². The highest BCUT2D eigenvalue weighted by atomic mass is 19.1. The fourth-order valence-corrected chi connectivity index (χ4v) is 4.19. The zero-order valence-corrected chi connectivity index (χ0v) is 14.1. The smallest absolute Gasteiger partial charge is 0.332 e. The number of rotatable bonds is 1. The van der Waals surface area contributed by atoms with Crippen LogP contribution in [0.3, 0.4) is 0 Å². The third-order valence-electron chi connectivity index (χ3n) is 5.42. The number of carbonyl (C=O) groups excluding carboxylic acids is 2. The molecule has 2 aromatic carbocycles. The topological polar surface area (TPSA) is 56.4 Å². The first-order valence-corrected chi connectivity index (χ1v) is 8.57. The minimum Gasteiger partial charge on any atom is -0.356 e. The highest BCUT2D eigenvalue weighted by molar-refractivity contribution is 6.21. The number of aromatic nitrogens is 1. The molecule has 0 bridgehead atoms. The van der Waals surface area contributed by atoms with Gasteiger partial charge in [0.1, 0.15) is 11.9 Å². The SMILES string of the molecule is CC1c2[nH]c3ccccc3c2CC2C(=O)N(c3ccc(F)cc3)C(=O)N21. The molecule has 0 spiro atoms. The number of urea groups is 1. The molecule has 6 heteroatoms. The predicted octanol–water partition coefficient (Wildman–Crippen LogP) is 3.76.